The SMILES string of the molecule is CN(CC(=O)OCc1ccccc1)C(=O)C(CCS(C)(=O)=O)NS(=O)(=O)CC12CCC(CC1=O)C2(C)C. The molecule has 0 heterocycles. The number of esters is 1. The molecule has 3 unspecified atom stereocenters. The third kappa shape index (κ3) is 6.77. The Morgan fingerprint density at radius 1 is 1.16 bits per heavy atom. The van der Waals surface area contributed by atoms with Crippen LogP contribution in [0.15, 0.2) is 30.3 Å². The third-order valence-corrected chi connectivity index (χ3v) is 10.5. The molecule has 0 aromatic heterocycles. The zero-order valence-electron chi connectivity index (χ0n) is 21.7. The lowest BCUT2D eigenvalue weighted by Gasteiger charge is -2.36. The molecule has 1 aromatic rings. The number of fused-ring (bicyclic) bond motifs is 2. The molecule has 1 amide bonds. The van der Waals surface area contributed by atoms with E-state index in [0.29, 0.717) is 12.8 Å². The lowest BCUT2D eigenvalue weighted by molar-refractivity contribution is -0.150. The van der Waals surface area contributed by atoms with Gasteiger partial charge in [0.2, 0.25) is 15.9 Å². The monoisotopic (exact) mass is 556 g/mol. The van der Waals surface area contributed by atoms with E-state index in [1.54, 1.807) is 24.3 Å². The normalized spacial score (nSPS) is 23.6. The topological polar surface area (TPSA) is 144 Å². The fourth-order valence-electron chi connectivity index (χ4n) is 5.58. The van der Waals surface area contributed by atoms with Gasteiger partial charge < -0.3 is 9.64 Å². The van der Waals surface area contributed by atoms with E-state index in [1.165, 1.54) is 7.05 Å². The van der Waals surface area contributed by atoms with Crippen molar-refractivity contribution in [3.05, 3.63) is 35.9 Å². The van der Waals surface area contributed by atoms with E-state index in [9.17, 15) is 31.2 Å². The first kappa shape index (κ1) is 29.2. The van der Waals surface area contributed by atoms with Crippen molar-refractivity contribution in [2.45, 2.75) is 52.2 Å². The summed E-state index contributed by atoms with van der Waals surface area (Å²) in [5.41, 5.74) is -0.771. The molecule has 2 fully saturated rings. The Kier molecular flexibility index (Phi) is 8.55. The number of nitrogens with one attached hydrogen (secondary N) is 1. The number of hydrogen-bond acceptors (Lipinski definition) is 8. The van der Waals surface area contributed by atoms with E-state index in [-0.39, 0.29) is 24.7 Å². The van der Waals surface area contributed by atoms with Crippen LogP contribution in [0, 0.1) is 16.7 Å². The van der Waals surface area contributed by atoms with Crippen LogP contribution >= 0.6 is 0 Å². The quantitative estimate of drug-likeness (QED) is 0.380. The summed E-state index contributed by atoms with van der Waals surface area (Å²) in [5.74, 6) is -2.33. The van der Waals surface area contributed by atoms with Crippen molar-refractivity contribution in [2.75, 3.05) is 31.4 Å². The first-order valence-electron chi connectivity index (χ1n) is 12.2. The number of ether oxygens (including phenoxy) is 1. The second-order valence-electron chi connectivity index (χ2n) is 10.9. The van der Waals surface area contributed by atoms with Gasteiger partial charge in [0.05, 0.1) is 11.5 Å². The van der Waals surface area contributed by atoms with Gasteiger partial charge >= 0.3 is 5.97 Å². The zero-order valence-corrected chi connectivity index (χ0v) is 23.4. The van der Waals surface area contributed by atoms with Crippen molar-refractivity contribution in [3.8, 4) is 0 Å². The van der Waals surface area contributed by atoms with Crippen LogP contribution in [0.5, 0.6) is 0 Å². The van der Waals surface area contributed by atoms with Gasteiger partial charge in [0, 0.05) is 25.1 Å². The fraction of sp³-hybridized carbons (Fsp3) is 0.640. The minimum Gasteiger partial charge on any atom is -0.459 e. The Hall–Kier alpha value is -2.31. The molecule has 2 saturated carbocycles. The Balaban J connectivity index is 1.70. The zero-order chi connectivity index (χ0) is 27.6. The molecular formula is C25H36N2O8S2. The number of amides is 1. The van der Waals surface area contributed by atoms with E-state index in [0.717, 1.165) is 23.1 Å². The predicted octanol–water partition coefficient (Wildman–Crippen LogP) is 1.31. The van der Waals surface area contributed by atoms with Crippen molar-refractivity contribution in [1.29, 1.82) is 0 Å². The van der Waals surface area contributed by atoms with Gasteiger partial charge in [-0.15, -0.1) is 0 Å². The van der Waals surface area contributed by atoms with Crippen molar-refractivity contribution in [1.82, 2.24) is 9.62 Å². The summed E-state index contributed by atoms with van der Waals surface area (Å²) >= 11 is 0. The Bertz CT molecular complexity index is 1240. The highest BCUT2D eigenvalue weighted by atomic mass is 32.2. The molecule has 0 aliphatic heterocycles. The summed E-state index contributed by atoms with van der Waals surface area (Å²) in [6.45, 7) is 3.39. The van der Waals surface area contributed by atoms with Crippen LogP contribution in [0.25, 0.3) is 0 Å². The van der Waals surface area contributed by atoms with Gasteiger partial charge in [-0.2, -0.15) is 0 Å². The number of carbonyl (C=O) groups is 3. The Morgan fingerprint density at radius 2 is 1.81 bits per heavy atom. The number of ketones is 1. The highest BCUT2D eigenvalue weighted by Gasteiger charge is 2.65. The third-order valence-electron chi connectivity index (χ3n) is 7.96. The summed E-state index contributed by atoms with van der Waals surface area (Å²) in [6, 6.07) is 7.55. The van der Waals surface area contributed by atoms with E-state index >= 15 is 0 Å². The maximum Gasteiger partial charge on any atom is 0.325 e. The molecule has 1 aromatic carbocycles. The summed E-state index contributed by atoms with van der Waals surface area (Å²) in [4.78, 5) is 39.3. The maximum absolute atomic E-state index is 13.3. The molecule has 3 atom stereocenters. The molecular weight excluding hydrogens is 520 g/mol. The van der Waals surface area contributed by atoms with Gasteiger partial charge in [0.25, 0.3) is 0 Å². The molecule has 10 nitrogen and oxygen atoms in total. The minimum atomic E-state index is -4.16. The van der Waals surface area contributed by atoms with Gasteiger partial charge in [-0.05, 0) is 36.2 Å². The Morgan fingerprint density at radius 3 is 2.35 bits per heavy atom. The van der Waals surface area contributed by atoms with Gasteiger partial charge in [-0.25, -0.2) is 21.6 Å². The molecule has 1 N–H and O–H groups in total. The summed E-state index contributed by atoms with van der Waals surface area (Å²) in [5, 5.41) is 0. The summed E-state index contributed by atoms with van der Waals surface area (Å²) < 4.78 is 57.6. The number of likely N-dealkylation sites (N-methyl/N-ethyl adjacent to an activating group) is 1. The van der Waals surface area contributed by atoms with E-state index in [2.05, 4.69) is 4.72 Å². The molecule has 12 heteroatoms. The largest absolute Gasteiger partial charge is 0.459 e. The fourth-order valence-corrected chi connectivity index (χ4v) is 8.30. The second-order valence-corrected chi connectivity index (χ2v) is 14.9. The maximum atomic E-state index is 13.3. The van der Waals surface area contributed by atoms with E-state index in [1.807, 2.05) is 19.9 Å². The number of hydrogen-bond donors (Lipinski definition) is 1. The highest BCUT2D eigenvalue weighted by molar-refractivity contribution is 7.90. The average molecular weight is 557 g/mol. The number of sulfonamides is 1. The number of benzene rings is 1. The number of Topliss-reactive ketones (excluding diaryl/α,β-unsaturated/α-hetero) is 1. The van der Waals surface area contributed by atoms with Crippen LogP contribution < -0.4 is 4.72 Å². The van der Waals surface area contributed by atoms with Crippen LogP contribution in [-0.4, -0.2) is 76.8 Å². The van der Waals surface area contributed by atoms with Crippen molar-refractivity contribution in [3.63, 3.8) is 0 Å². The number of nitrogens with zero attached hydrogens (tertiary/aromatic N) is 1. The van der Waals surface area contributed by atoms with Crippen LogP contribution in [0.1, 0.15) is 45.1 Å². The van der Waals surface area contributed by atoms with Crippen LogP contribution in [-0.2, 0) is 45.6 Å². The molecule has 2 aliphatic rings. The van der Waals surface area contributed by atoms with E-state index in [4.69, 9.17) is 4.74 Å². The minimum absolute atomic E-state index is 0.0126. The highest BCUT2D eigenvalue weighted by Crippen LogP contribution is 2.64. The van der Waals surface area contributed by atoms with Crippen LogP contribution in [0.3, 0.4) is 0 Å². The predicted molar refractivity (Wildman–Crippen MR) is 137 cm³/mol. The molecule has 37 heavy (non-hydrogen) atoms. The molecule has 0 radical (unpaired) electrons. The molecule has 2 bridgehead atoms. The average Bonchev–Trinajstić information content (AvgIpc) is 3.14. The molecule has 2 aliphatic carbocycles. The lowest BCUT2D eigenvalue weighted by atomic mass is 9.70. The van der Waals surface area contributed by atoms with Gasteiger partial charge in [-0.3, -0.25) is 14.4 Å². The number of rotatable bonds is 12. The van der Waals surface area contributed by atoms with Crippen molar-refractivity contribution < 1.29 is 36.0 Å². The van der Waals surface area contributed by atoms with Gasteiger partial charge in [-0.1, -0.05) is 44.2 Å². The molecule has 0 spiro atoms. The molecule has 0 saturated heterocycles. The standard InChI is InChI=1S/C25H36N2O8S2/c1-24(2)19-10-12-25(24,21(28)14-19)17-37(33,34)26-20(11-13-36(4,31)32)23(30)27(3)15-22(29)35-16-18-8-6-5-7-9-18/h5-9,19-20,26H,10-17H2,1-4H3. The summed E-state index contributed by atoms with van der Waals surface area (Å²) in [6.07, 6.45) is 2.24. The first-order valence-corrected chi connectivity index (χ1v) is 15.9. The molecule has 3 rings (SSSR count). The summed E-state index contributed by atoms with van der Waals surface area (Å²) in [7, 11) is -6.35. The second kappa shape index (κ2) is 10.8. The number of carbonyl (C=O) groups excluding carboxylic acids is 3. The van der Waals surface area contributed by atoms with Crippen molar-refractivity contribution >= 4 is 37.5 Å². The van der Waals surface area contributed by atoms with Gasteiger partial charge in [0.15, 0.2) is 0 Å². The van der Waals surface area contributed by atoms with Gasteiger partial charge in [0.1, 0.15) is 34.8 Å². The molecule has 206 valence electrons. The van der Waals surface area contributed by atoms with Crippen LogP contribution in [0.2, 0.25) is 0 Å². The van der Waals surface area contributed by atoms with Crippen molar-refractivity contribution in [2.24, 2.45) is 16.7 Å². The van der Waals surface area contributed by atoms with E-state index < -0.39 is 66.7 Å². The Labute approximate surface area is 219 Å². The lowest BCUT2D eigenvalue weighted by Crippen LogP contribution is -2.52. The number of sulfone groups is 1. The smallest absolute Gasteiger partial charge is 0.325 e. The van der Waals surface area contributed by atoms with Crippen LogP contribution in [0.4, 0.5) is 0 Å². The first-order chi connectivity index (χ1) is 17.1.